The van der Waals surface area contributed by atoms with Gasteiger partial charge in [-0.05, 0) is 30.5 Å². The summed E-state index contributed by atoms with van der Waals surface area (Å²) in [6, 6.07) is 6.26. The Bertz CT molecular complexity index is 541. The number of nitrogens with zero attached hydrogens (tertiary/aromatic N) is 1. The van der Waals surface area contributed by atoms with E-state index in [0.717, 1.165) is 27.0 Å². The monoisotopic (exact) mass is 262 g/mol. The summed E-state index contributed by atoms with van der Waals surface area (Å²) in [5, 5.41) is 1.68. The van der Waals surface area contributed by atoms with Crippen LogP contribution < -0.4 is 10.5 Å². The van der Waals surface area contributed by atoms with Gasteiger partial charge >= 0.3 is 0 Å². The Morgan fingerprint density at radius 3 is 2.56 bits per heavy atom. The molecule has 2 aromatic rings. The van der Waals surface area contributed by atoms with Crippen molar-refractivity contribution in [2.45, 2.75) is 26.7 Å². The number of methoxy groups -OCH3 is 1. The van der Waals surface area contributed by atoms with Crippen LogP contribution in [0.15, 0.2) is 18.2 Å². The number of rotatable bonds is 3. The fraction of sp³-hybridized carbons (Fsp3) is 0.357. The van der Waals surface area contributed by atoms with E-state index in [1.54, 1.807) is 7.11 Å². The second-order valence-corrected chi connectivity index (χ2v) is 5.61. The molecule has 1 aromatic carbocycles. The first-order valence-electron chi connectivity index (χ1n) is 5.94. The highest BCUT2D eigenvalue weighted by Gasteiger charge is 2.13. The van der Waals surface area contributed by atoms with Crippen LogP contribution in [0.4, 0.5) is 5.00 Å². The molecule has 0 aliphatic heterocycles. The van der Waals surface area contributed by atoms with Gasteiger partial charge in [0.2, 0.25) is 0 Å². The molecule has 2 rings (SSSR count). The third kappa shape index (κ3) is 2.34. The molecule has 18 heavy (non-hydrogen) atoms. The van der Waals surface area contributed by atoms with E-state index in [1.807, 2.05) is 6.92 Å². The van der Waals surface area contributed by atoms with E-state index >= 15 is 0 Å². The Morgan fingerprint density at radius 1 is 1.33 bits per heavy atom. The molecule has 96 valence electrons. The van der Waals surface area contributed by atoms with Crippen LogP contribution in [0.2, 0.25) is 0 Å². The van der Waals surface area contributed by atoms with Gasteiger partial charge in [0, 0.05) is 0 Å². The van der Waals surface area contributed by atoms with Gasteiger partial charge < -0.3 is 10.5 Å². The van der Waals surface area contributed by atoms with E-state index in [9.17, 15) is 0 Å². The lowest BCUT2D eigenvalue weighted by Crippen LogP contribution is -1.92. The van der Waals surface area contributed by atoms with Crippen LogP contribution in [0.3, 0.4) is 0 Å². The van der Waals surface area contributed by atoms with E-state index in [1.165, 1.54) is 16.9 Å². The summed E-state index contributed by atoms with van der Waals surface area (Å²) in [5.41, 5.74) is 9.01. The minimum absolute atomic E-state index is 0.482. The summed E-state index contributed by atoms with van der Waals surface area (Å²) in [6.07, 6.45) is 0. The number of ether oxygens (including phenoxy) is 1. The van der Waals surface area contributed by atoms with Crippen molar-refractivity contribution >= 4 is 16.3 Å². The standard InChI is InChI=1S/C14H18N2OS/c1-8(2)10-5-6-11(12(7-10)17-4)14-16-9(3)13(15)18-14/h5-8H,15H2,1-4H3. The summed E-state index contributed by atoms with van der Waals surface area (Å²) in [7, 11) is 1.69. The fourth-order valence-electron chi connectivity index (χ4n) is 1.77. The van der Waals surface area contributed by atoms with E-state index in [-0.39, 0.29) is 0 Å². The van der Waals surface area contributed by atoms with Gasteiger partial charge in [-0.15, -0.1) is 0 Å². The van der Waals surface area contributed by atoms with Gasteiger partial charge in [-0.25, -0.2) is 4.98 Å². The molecule has 0 unspecified atom stereocenters. The van der Waals surface area contributed by atoms with Gasteiger partial charge in [0.05, 0.1) is 18.4 Å². The zero-order valence-corrected chi connectivity index (χ0v) is 12.0. The summed E-state index contributed by atoms with van der Waals surface area (Å²) < 4.78 is 5.47. The number of anilines is 1. The number of nitrogen functional groups attached to an aromatic ring is 1. The number of hydrogen-bond donors (Lipinski definition) is 1. The largest absolute Gasteiger partial charge is 0.496 e. The second-order valence-electron chi connectivity index (χ2n) is 4.58. The molecule has 0 radical (unpaired) electrons. The lowest BCUT2D eigenvalue weighted by atomic mass is 10.0. The predicted molar refractivity (Wildman–Crippen MR) is 77.3 cm³/mol. The van der Waals surface area contributed by atoms with Crippen LogP contribution in [-0.2, 0) is 0 Å². The molecule has 0 bridgehead atoms. The zero-order chi connectivity index (χ0) is 13.3. The first kappa shape index (κ1) is 12.9. The highest BCUT2D eigenvalue weighted by Crippen LogP contribution is 2.37. The molecule has 0 spiro atoms. The molecule has 0 saturated carbocycles. The topological polar surface area (TPSA) is 48.1 Å². The highest BCUT2D eigenvalue weighted by atomic mass is 32.1. The van der Waals surface area contributed by atoms with Crippen molar-refractivity contribution in [3.63, 3.8) is 0 Å². The molecular weight excluding hydrogens is 244 g/mol. The van der Waals surface area contributed by atoms with Gasteiger partial charge in [0.25, 0.3) is 0 Å². The van der Waals surface area contributed by atoms with Crippen LogP contribution in [0.5, 0.6) is 5.75 Å². The summed E-state index contributed by atoms with van der Waals surface area (Å²) in [5.74, 6) is 1.34. The molecule has 0 fully saturated rings. The molecule has 3 nitrogen and oxygen atoms in total. The average Bonchev–Trinajstić information content (AvgIpc) is 2.68. The predicted octanol–water partition coefficient (Wildman–Crippen LogP) is 3.83. The van der Waals surface area contributed by atoms with Crippen molar-refractivity contribution in [2.75, 3.05) is 12.8 Å². The lowest BCUT2D eigenvalue weighted by Gasteiger charge is -2.11. The Labute approximate surface area is 112 Å². The second kappa shape index (κ2) is 4.98. The van der Waals surface area contributed by atoms with Crippen LogP contribution in [-0.4, -0.2) is 12.1 Å². The molecule has 1 heterocycles. The molecule has 0 aliphatic rings. The van der Waals surface area contributed by atoms with Crippen molar-refractivity contribution in [2.24, 2.45) is 0 Å². The smallest absolute Gasteiger partial charge is 0.129 e. The van der Waals surface area contributed by atoms with Crippen molar-refractivity contribution in [3.8, 4) is 16.3 Å². The van der Waals surface area contributed by atoms with E-state index in [4.69, 9.17) is 10.5 Å². The molecule has 0 atom stereocenters. The van der Waals surface area contributed by atoms with Gasteiger partial charge in [-0.1, -0.05) is 31.3 Å². The van der Waals surface area contributed by atoms with Crippen molar-refractivity contribution in [1.82, 2.24) is 4.98 Å². The Balaban J connectivity index is 2.50. The minimum atomic E-state index is 0.482. The summed E-state index contributed by atoms with van der Waals surface area (Å²) in [6.45, 7) is 6.25. The van der Waals surface area contributed by atoms with Gasteiger partial charge in [0.15, 0.2) is 0 Å². The van der Waals surface area contributed by atoms with Crippen LogP contribution in [0.25, 0.3) is 10.6 Å². The third-order valence-electron chi connectivity index (χ3n) is 2.96. The maximum atomic E-state index is 5.86. The van der Waals surface area contributed by atoms with Crippen molar-refractivity contribution in [1.29, 1.82) is 0 Å². The minimum Gasteiger partial charge on any atom is -0.496 e. The number of aryl methyl sites for hydroxylation is 1. The lowest BCUT2D eigenvalue weighted by molar-refractivity contribution is 0.415. The third-order valence-corrected chi connectivity index (χ3v) is 3.98. The van der Waals surface area contributed by atoms with Crippen LogP contribution >= 0.6 is 11.3 Å². The molecule has 0 amide bonds. The van der Waals surface area contributed by atoms with Crippen LogP contribution in [0, 0.1) is 6.92 Å². The number of thiazole rings is 1. The molecule has 0 aliphatic carbocycles. The first-order valence-corrected chi connectivity index (χ1v) is 6.75. The van der Waals surface area contributed by atoms with E-state index < -0.39 is 0 Å². The summed E-state index contributed by atoms with van der Waals surface area (Å²) >= 11 is 1.50. The molecule has 1 aromatic heterocycles. The maximum Gasteiger partial charge on any atom is 0.129 e. The zero-order valence-electron chi connectivity index (χ0n) is 11.2. The number of aromatic nitrogens is 1. The van der Waals surface area contributed by atoms with E-state index in [0.29, 0.717) is 5.92 Å². The number of nitrogens with two attached hydrogens (primary N) is 1. The molecule has 2 N–H and O–H groups in total. The van der Waals surface area contributed by atoms with Gasteiger partial charge in [-0.3, -0.25) is 0 Å². The Kier molecular flexibility index (Phi) is 3.57. The SMILES string of the molecule is COc1cc(C(C)C)ccc1-c1nc(C)c(N)s1. The quantitative estimate of drug-likeness (QED) is 0.914. The van der Waals surface area contributed by atoms with Crippen molar-refractivity contribution in [3.05, 3.63) is 29.5 Å². The average molecular weight is 262 g/mol. The van der Waals surface area contributed by atoms with Crippen molar-refractivity contribution < 1.29 is 4.74 Å². The normalized spacial score (nSPS) is 10.9. The maximum absolute atomic E-state index is 5.86. The fourth-order valence-corrected chi connectivity index (χ4v) is 2.63. The van der Waals surface area contributed by atoms with E-state index in [2.05, 4.69) is 37.0 Å². The first-order chi connectivity index (χ1) is 8.52. The highest BCUT2D eigenvalue weighted by molar-refractivity contribution is 7.18. The number of hydrogen-bond acceptors (Lipinski definition) is 4. The Morgan fingerprint density at radius 2 is 2.06 bits per heavy atom. The van der Waals surface area contributed by atoms with Gasteiger partial charge in [0.1, 0.15) is 15.8 Å². The summed E-state index contributed by atoms with van der Waals surface area (Å²) in [4.78, 5) is 4.48. The Hall–Kier alpha value is -1.55. The van der Waals surface area contributed by atoms with Gasteiger partial charge in [-0.2, -0.15) is 0 Å². The molecular formula is C14H18N2OS. The molecule has 4 heteroatoms. The number of benzene rings is 1. The van der Waals surface area contributed by atoms with Crippen LogP contribution in [0.1, 0.15) is 31.0 Å². The molecule has 0 saturated heterocycles.